The molecule has 2 aliphatic rings. The summed E-state index contributed by atoms with van der Waals surface area (Å²) in [6.45, 7) is 7.10. The largest absolute Gasteiger partial charge is 0.375 e. The molecule has 1 aliphatic heterocycles. The van der Waals surface area contributed by atoms with Crippen molar-refractivity contribution < 1.29 is 4.74 Å². The van der Waals surface area contributed by atoms with E-state index in [1.165, 1.54) is 36.1 Å². The summed E-state index contributed by atoms with van der Waals surface area (Å²) in [5.74, 6) is 6.80. The Balaban J connectivity index is 1.57. The highest BCUT2D eigenvalue weighted by Gasteiger charge is 2.46. The summed E-state index contributed by atoms with van der Waals surface area (Å²) < 4.78 is 6.22. The Bertz CT molecular complexity index is 576. The van der Waals surface area contributed by atoms with Crippen LogP contribution in [0, 0.1) is 24.2 Å². The van der Waals surface area contributed by atoms with Gasteiger partial charge in [-0.05, 0) is 69.5 Å². The Labute approximate surface area is 145 Å². The summed E-state index contributed by atoms with van der Waals surface area (Å²) >= 11 is 1.85. The maximum Gasteiger partial charge on any atom is 0.0697 e. The summed E-state index contributed by atoms with van der Waals surface area (Å²) in [6.07, 6.45) is 8.50. The van der Waals surface area contributed by atoms with E-state index in [0.717, 1.165) is 39.0 Å². The molecule has 1 N–H and O–H groups in total. The molecule has 1 unspecified atom stereocenters. The zero-order chi connectivity index (χ0) is 16.2. The van der Waals surface area contributed by atoms with Crippen LogP contribution in [0.25, 0.3) is 0 Å². The van der Waals surface area contributed by atoms with Crippen LogP contribution in [0.4, 0.5) is 0 Å². The molecule has 3 rings (SSSR count). The number of nitrogens with one attached hydrogen (secondary N) is 1. The molecule has 0 amide bonds. The van der Waals surface area contributed by atoms with Gasteiger partial charge in [-0.2, -0.15) is 0 Å². The molecule has 1 aromatic heterocycles. The average molecular weight is 332 g/mol. The van der Waals surface area contributed by atoms with E-state index in [9.17, 15) is 0 Å². The molecule has 0 radical (unpaired) electrons. The number of rotatable bonds is 5. The lowest BCUT2D eigenvalue weighted by atomic mass is 9.70. The average Bonchev–Trinajstić information content (AvgIpc) is 3.14. The number of aryl methyl sites for hydroxylation is 1. The lowest BCUT2D eigenvalue weighted by Gasteiger charge is -2.44. The Kier molecular flexibility index (Phi) is 5.46. The summed E-state index contributed by atoms with van der Waals surface area (Å²) in [4.78, 5) is 1.46. The third-order valence-corrected chi connectivity index (χ3v) is 6.61. The molecule has 2 fully saturated rings. The van der Waals surface area contributed by atoms with Crippen molar-refractivity contribution in [2.24, 2.45) is 5.41 Å². The van der Waals surface area contributed by atoms with Crippen LogP contribution in [0.3, 0.4) is 0 Å². The second-order valence-corrected chi connectivity index (χ2v) is 8.27. The predicted octanol–water partition coefficient (Wildman–Crippen LogP) is 4.67. The molecule has 1 saturated heterocycles. The second kappa shape index (κ2) is 7.38. The predicted molar refractivity (Wildman–Crippen MR) is 97.6 cm³/mol. The van der Waals surface area contributed by atoms with Gasteiger partial charge in [-0.25, -0.2) is 0 Å². The van der Waals surface area contributed by atoms with Crippen LogP contribution in [-0.2, 0) is 11.3 Å². The molecular weight excluding hydrogens is 302 g/mol. The molecule has 1 saturated carbocycles. The van der Waals surface area contributed by atoms with Crippen molar-refractivity contribution in [1.82, 2.24) is 5.32 Å². The lowest BCUT2D eigenvalue weighted by Crippen LogP contribution is -2.44. The number of hydrogen-bond donors (Lipinski definition) is 1. The van der Waals surface area contributed by atoms with Crippen molar-refractivity contribution in [2.45, 2.75) is 70.9 Å². The fourth-order valence-corrected chi connectivity index (χ4v) is 5.20. The van der Waals surface area contributed by atoms with E-state index in [1.54, 1.807) is 0 Å². The van der Waals surface area contributed by atoms with E-state index in [-0.39, 0.29) is 11.0 Å². The highest BCUT2D eigenvalue weighted by atomic mass is 32.1. The van der Waals surface area contributed by atoms with Gasteiger partial charge in [-0.3, -0.25) is 0 Å². The number of thiophene rings is 1. The Hall–Kier alpha value is -0.820. The first-order valence-corrected chi connectivity index (χ1v) is 9.87. The van der Waals surface area contributed by atoms with Crippen molar-refractivity contribution in [3.8, 4) is 11.8 Å². The third-order valence-electron chi connectivity index (χ3n) is 5.59. The molecule has 0 bridgehead atoms. The topological polar surface area (TPSA) is 21.3 Å². The molecule has 1 spiro atoms. The Morgan fingerprint density at radius 1 is 1.30 bits per heavy atom. The second-order valence-electron chi connectivity index (χ2n) is 7.27. The van der Waals surface area contributed by atoms with E-state index in [2.05, 4.69) is 35.5 Å². The molecule has 126 valence electrons. The van der Waals surface area contributed by atoms with Crippen LogP contribution in [0.2, 0.25) is 0 Å². The van der Waals surface area contributed by atoms with Crippen LogP contribution < -0.4 is 5.32 Å². The molecule has 2 heterocycles. The summed E-state index contributed by atoms with van der Waals surface area (Å²) in [5.41, 5.74) is 1.71. The molecule has 2 nitrogen and oxygen atoms in total. The summed E-state index contributed by atoms with van der Waals surface area (Å²) in [7, 11) is 0. The molecule has 0 aromatic carbocycles. The van der Waals surface area contributed by atoms with Gasteiger partial charge in [0.2, 0.25) is 0 Å². The molecule has 1 aromatic rings. The maximum atomic E-state index is 6.22. The summed E-state index contributed by atoms with van der Waals surface area (Å²) in [5, 5.41) is 5.82. The van der Waals surface area contributed by atoms with Gasteiger partial charge in [-0.1, -0.05) is 18.8 Å². The van der Waals surface area contributed by atoms with Crippen LogP contribution in [-0.4, -0.2) is 18.8 Å². The first-order chi connectivity index (χ1) is 11.2. The van der Waals surface area contributed by atoms with Gasteiger partial charge < -0.3 is 10.1 Å². The van der Waals surface area contributed by atoms with Gasteiger partial charge in [0.05, 0.1) is 5.60 Å². The van der Waals surface area contributed by atoms with E-state index in [0.29, 0.717) is 0 Å². The lowest BCUT2D eigenvalue weighted by molar-refractivity contribution is -0.109. The molecule has 23 heavy (non-hydrogen) atoms. The Morgan fingerprint density at radius 2 is 2.13 bits per heavy atom. The monoisotopic (exact) mass is 331 g/mol. The van der Waals surface area contributed by atoms with Crippen molar-refractivity contribution in [3.05, 3.63) is 21.9 Å². The van der Waals surface area contributed by atoms with Crippen LogP contribution in [0.1, 0.15) is 62.3 Å². The minimum Gasteiger partial charge on any atom is -0.375 e. The summed E-state index contributed by atoms with van der Waals surface area (Å²) in [6, 6.07) is 2.20. The van der Waals surface area contributed by atoms with Gasteiger partial charge in [-0.15, -0.1) is 17.3 Å². The molecular formula is C20H29NOS. The van der Waals surface area contributed by atoms with Crippen molar-refractivity contribution in [2.75, 3.05) is 13.2 Å². The highest BCUT2D eigenvalue weighted by Crippen LogP contribution is 2.48. The van der Waals surface area contributed by atoms with Crippen LogP contribution >= 0.6 is 11.3 Å². The quantitative estimate of drug-likeness (QED) is 0.625. The van der Waals surface area contributed by atoms with E-state index in [1.807, 2.05) is 18.3 Å². The van der Waals surface area contributed by atoms with Crippen molar-refractivity contribution >= 4 is 11.3 Å². The van der Waals surface area contributed by atoms with E-state index in [4.69, 9.17) is 4.74 Å². The maximum absolute atomic E-state index is 6.22. The SMILES string of the molecule is CC#CC1(CCNCc2sccc2C)CCOC2(CCCC2)C1. The van der Waals surface area contributed by atoms with Crippen molar-refractivity contribution in [3.63, 3.8) is 0 Å². The van der Waals surface area contributed by atoms with Crippen LogP contribution in [0.15, 0.2) is 11.4 Å². The number of hydrogen-bond acceptors (Lipinski definition) is 3. The molecule has 1 aliphatic carbocycles. The van der Waals surface area contributed by atoms with Gasteiger partial charge in [0.25, 0.3) is 0 Å². The minimum atomic E-state index is 0.145. The first kappa shape index (κ1) is 17.0. The number of ether oxygens (including phenoxy) is 1. The smallest absolute Gasteiger partial charge is 0.0697 e. The zero-order valence-corrected chi connectivity index (χ0v) is 15.4. The fraction of sp³-hybridized carbons (Fsp3) is 0.700. The fourth-order valence-electron chi connectivity index (χ4n) is 4.32. The van der Waals surface area contributed by atoms with Gasteiger partial charge >= 0.3 is 0 Å². The minimum absolute atomic E-state index is 0.145. The van der Waals surface area contributed by atoms with Gasteiger partial charge in [0.15, 0.2) is 0 Å². The van der Waals surface area contributed by atoms with E-state index >= 15 is 0 Å². The van der Waals surface area contributed by atoms with Gasteiger partial charge in [0, 0.05) is 23.4 Å². The van der Waals surface area contributed by atoms with Crippen LogP contribution in [0.5, 0.6) is 0 Å². The van der Waals surface area contributed by atoms with Crippen molar-refractivity contribution in [1.29, 1.82) is 0 Å². The molecule has 3 heteroatoms. The van der Waals surface area contributed by atoms with E-state index < -0.39 is 0 Å². The highest BCUT2D eigenvalue weighted by molar-refractivity contribution is 7.10. The molecule has 1 atom stereocenters. The Morgan fingerprint density at radius 3 is 2.83 bits per heavy atom. The zero-order valence-electron chi connectivity index (χ0n) is 14.5. The first-order valence-electron chi connectivity index (χ1n) is 8.99. The standard InChI is InChI=1S/C20H29NOS/c1-3-7-19(10-12-21-15-18-17(2)6-14-23-18)11-13-22-20(16-19)8-4-5-9-20/h6,14,21H,4-5,8-13,15-16H2,1-2H3. The third kappa shape index (κ3) is 3.99. The van der Waals surface area contributed by atoms with Gasteiger partial charge in [0.1, 0.15) is 0 Å². The normalized spacial score (nSPS) is 26.2.